The number of nitrogens with two attached hydrogens (primary N) is 1. The smallest absolute Gasteiger partial charge is 0.0594 e. The molecule has 0 aliphatic carbocycles. The molecule has 0 saturated carbocycles. The monoisotopic (exact) mass is 224 g/mol. The van der Waals surface area contributed by atoms with E-state index < -0.39 is 0 Å². The molecule has 1 aromatic heterocycles. The van der Waals surface area contributed by atoms with Crippen LogP contribution in [-0.4, -0.2) is 47.5 Å². The van der Waals surface area contributed by atoms with Crippen LogP contribution in [0.3, 0.4) is 0 Å². The van der Waals surface area contributed by atoms with Gasteiger partial charge in [0.05, 0.1) is 19.4 Å². The Hall–Kier alpha value is -0.910. The van der Waals surface area contributed by atoms with E-state index in [1.54, 1.807) is 0 Å². The fraction of sp³-hybridized carbons (Fsp3) is 0.727. The minimum atomic E-state index is 0.576. The zero-order valence-corrected chi connectivity index (χ0v) is 9.85. The summed E-state index contributed by atoms with van der Waals surface area (Å²) in [6.07, 6.45) is 2.89. The third kappa shape index (κ3) is 2.61. The Balaban J connectivity index is 1.90. The first kappa shape index (κ1) is 11.6. The summed E-state index contributed by atoms with van der Waals surface area (Å²) in [4.78, 5) is 2.43. The highest BCUT2D eigenvalue weighted by molar-refractivity contribution is 5.17. The van der Waals surface area contributed by atoms with Crippen molar-refractivity contribution in [2.75, 3.05) is 32.8 Å². The third-order valence-electron chi connectivity index (χ3n) is 3.14. The fourth-order valence-electron chi connectivity index (χ4n) is 2.09. The van der Waals surface area contributed by atoms with E-state index in [0.717, 1.165) is 44.8 Å². The predicted molar refractivity (Wildman–Crippen MR) is 62.1 cm³/mol. The topological polar surface area (TPSA) is 56.3 Å². The largest absolute Gasteiger partial charge is 0.379 e. The molecule has 1 aliphatic rings. The van der Waals surface area contributed by atoms with E-state index in [1.165, 1.54) is 5.69 Å². The van der Waals surface area contributed by atoms with Gasteiger partial charge in [0, 0.05) is 50.9 Å². The molecule has 0 atom stereocenters. The lowest BCUT2D eigenvalue weighted by Crippen LogP contribution is -2.37. The maximum atomic E-state index is 5.69. The highest BCUT2D eigenvalue weighted by Crippen LogP contribution is 2.09. The molecule has 1 fully saturated rings. The van der Waals surface area contributed by atoms with Crippen LogP contribution in [0, 0.1) is 0 Å². The maximum Gasteiger partial charge on any atom is 0.0594 e. The van der Waals surface area contributed by atoms with E-state index in [-0.39, 0.29) is 0 Å². The van der Waals surface area contributed by atoms with Crippen molar-refractivity contribution in [3.8, 4) is 0 Å². The minimum Gasteiger partial charge on any atom is -0.379 e. The number of hydrogen-bond donors (Lipinski definition) is 1. The Kier molecular flexibility index (Phi) is 3.93. The van der Waals surface area contributed by atoms with Gasteiger partial charge in [0.2, 0.25) is 0 Å². The first-order valence-electron chi connectivity index (χ1n) is 5.81. The molecule has 2 N–H and O–H groups in total. The molecule has 5 nitrogen and oxygen atoms in total. The van der Waals surface area contributed by atoms with Gasteiger partial charge < -0.3 is 10.5 Å². The first-order valence-corrected chi connectivity index (χ1v) is 5.81. The van der Waals surface area contributed by atoms with E-state index >= 15 is 0 Å². The van der Waals surface area contributed by atoms with E-state index in [1.807, 2.05) is 17.9 Å². The number of hydrogen-bond acceptors (Lipinski definition) is 4. The standard InChI is InChI=1S/C11H20N4O/c1-14-11(10(8-12)9-13-14)2-3-15-4-6-16-7-5-15/h9H,2-8,12H2,1H3. The Morgan fingerprint density at radius 3 is 2.88 bits per heavy atom. The molecule has 2 heterocycles. The highest BCUT2D eigenvalue weighted by Gasteiger charge is 2.12. The summed E-state index contributed by atoms with van der Waals surface area (Å²) in [5, 5.41) is 4.24. The molecular weight excluding hydrogens is 204 g/mol. The van der Waals surface area contributed by atoms with Gasteiger partial charge in [-0.05, 0) is 0 Å². The Bertz CT molecular complexity index is 331. The maximum absolute atomic E-state index is 5.69. The van der Waals surface area contributed by atoms with Crippen LogP contribution >= 0.6 is 0 Å². The fourth-order valence-corrected chi connectivity index (χ4v) is 2.09. The van der Waals surface area contributed by atoms with Gasteiger partial charge in [-0.1, -0.05) is 0 Å². The van der Waals surface area contributed by atoms with Gasteiger partial charge >= 0.3 is 0 Å². The van der Waals surface area contributed by atoms with Crippen molar-refractivity contribution < 1.29 is 4.74 Å². The van der Waals surface area contributed by atoms with Crippen molar-refractivity contribution in [1.29, 1.82) is 0 Å². The number of aromatic nitrogens is 2. The average molecular weight is 224 g/mol. The first-order chi connectivity index (χ1) is 7.81. The van der Waals surface area contributed by atoms with Gasteiger partial charge in [-0.25, -0.2) is 0 Å². The van der Waals surface area contributed by atoms with Crippen LogP contribution in [0.2, 0.25) is 0 Å². The summed E-state index contributed by atoms with van der Waals surface area (Å²) in [7, 11) is 1.98. The van der Waals surface area contributed by atoms with Crippen LogP contribution in [0.5, 0.6) is 0 Å². The SMILES string of the molecule is Cn1ncc(CN)c1CCN1CCOCC1. The molecule has 0 spiro atoms. The van der Waals surface area contributed by atoms with Gasteiger partial charge in [-0.2, -0.15) is 5.10 Å². The van der Waals surface area contributed by atoms with Crippen LogP contribution < -0.4 is 5.73 Å². The van der Waals surface area contributed by atoms with Crippen LogP contribution in [0.1, 0.15) is 11.3 Å². The van der Waals surface area contributed by atoms with Crippen LogP contribution in [-0.2, 0) is 24.8 Å². The van der Waals surface area contributed by atoms with Crippen molar-refractivity contribution in [2.24, 2.45) is 12.8 Å². The van der Waals surface area contributed by atoms with Crippen molar-refractivity contribution >= 4 is 0 Å². The highest BCUT2D eigenvalue weighted by atomic mass is 16.5. The molecule has 0 unspecified atom stereocenters. The molecule has 2 rings (SSSR count). The zero-order chi connectivity index (χ0) is 11.4. The van der Waals surface area contributed by atoms with Gasteiger partial charge in [-0.15, -0.1) is 0 Å². The van der Waals surface area contributed by atoms with E-state index in [0.29, 0.717) is 6.54 Å². The normalized spacial score (nSPS) is 17.9. The molecule has 90 valence electrons. The third-order valence-corrected chi connectivity index (χ3v) is 3.14. The molecule has 1 aromatic rings. The van der Waals surface area contributed by atoms with Gasteiger partial charge in [0.25, 0.3) is 0 Å². The molecular formula is C11H20N4O. The molecule has 1 saturated heterocycles. The summed E-state index contributed by atoms with van der Waals surface area (Å²) in [5.74, 6) is 0. The summed E-state index contributed by atoms with van der Waals surface area (Å²) in [5.41, 5.74) is 8.11. The minimum absolute atomic E-state index is 0.576. The van der Waals surface area contributed by atoms with Crippen LogP contribution in [0.15, 0.2) is 6.20 Å². The van der Waals surface area contributed by atoms with Crippen molar-refractivity contribution in [1.82, 2.24) is 14.7 Å². The van der Waals surface area contributed by atoms with E-state index in [9.17, 15) is 0 Å². The van der Waals surface area contributed by atoms with Crippen molar-refractivity contribution in [3.05, 3.63) is 17.5 Å². The lowest BCUT2D eigenvalue weighted by molar-refractivity contribution is 0.0382. The quantitative estimate of drug-likeness (QED) is 0.766. The Labute approximate surface area is 96.2 Å². The lowest BCUT2D eigenvalue weighted by atomic mass is 10.2. The van der Waals surface area contributed by atoms with Crippen LogP contribution in [0.4, 0.5) is 0 Å². The molecule has 0 radical (unpaired) electrons. The average Bonchev–Trinajstić information content (AvgIpc) is 2.69. The lowest BCUT2D eigenvalue weighted by Gasteiger charge is -2.26. The Morgan fingerprint density at radius 2 is 2.19 bits per heavy atom. The second-order valence-electron chi connectivity index (χ2n) is 4.15. The van der Waals surface area contributed by atoms with Gasteiger partial charge in [-0.3, -0.25) is 9.58 Å². The van der Waals surface area contributed by atoms with Crippen molar-refractivity contribution in [2.45, 2.75) is 13.0 Å². The number of nitrogens with zero attached hydrogens (tertiary/aromatic N) is 3. The summed E-state index contributed by atoms with van der Waals surface area (Å²) < 4.78 is 7.26. The van der Waals surface area contributed by atoms with Gasteiger partial charge in [0.15, 0.2) is 0 Å². The molecule has 0 aromatic carbocycles. The summed E-state index contributed by atoms with van der Waals surface area (Å²) >= 11 is 0. The molecule has 5 heteroatoms. The number of aryl methyl sites for hydroxylation is 1. The Morgan fingerprint density at radius 1 is 1.44 bits per heavy atom. The molecule has 0 bridgehead atoms. The number of ether oxygens (including phenoxy) is 1. The second kappa shape index (κ2) is 5.43. The predicted octanol–water partition coefficient (Wildman–Crippen LogP) is -0.246. The number of rotatable bonds is 4. The molecule has 16 heavy (non-hydrogen) atoms. The summed E-state index contributed by atoms with van der Waals surface area (Å²) in [6, 6.07) is 0. The van der Waals surface area contributed by atoms with E-state index in [4.69, 9.17) is 10.5 Å². The summed E-state index contributed by atoms with van der Waals surface area (Å²) in [6.45, 7) is 5.43. The second-order valence-corrected chi connectivity index (χ2v) is 4.15. The van der Waals surface area contributed by atoms with Gasteiger partial charge in [0.1, 0.15) is 0 Å². The van der Waals surface area contributed by atoms with Crippen LogP contribution in [0.25, 0.3) is 0 Å². The molecule has 0 amide bonds. The zero-order valence-electron chi connectivity index (χ0n) is 9.85. The van der Waals surface area contributed by atoms with E-state index in [2.05, 4.69) is 10.00 Å². The molecule has 1 aliphatic heterocycles. The number of morpholine rings is 1. The van der Waals surface area contributed by atoms with Crippen molar-refractivity contribution in [3.63, 3.8) is 0 Å².